The first kappa shape index (κ1) is 17.1. The molecule has 1 fully saturated rings. The Morgan fingerprint density at radius 2 is 2.09 bits per heavy atom. The van der Waals surface area contributed by atoms with Crippen molar-refractivity contribution in [3.8, 4) is 0 Å². The monoisotopic (exact) mass is 324 g/mol. The van der Waals surface area contributed by atoms with Crippen LogP contribution in [0.4, 0.5) is 4.79 Å². The maximum absolute atomic E-state index is 12.3. The fourth-order valence-corrected chi connectivity index (χ4v) is 3.12. The highest BCUT2D eigenvalue weighted by atomic mass is 35.5. The molecule has 22 heavy (non-hydrogen) atoms. The summed E-state index contributed by atoms with van der Waals surface area (Å²) in [4.78, 5) is 14.1. The third-order valence-corrected chi connectivity index (χ3v) is 4.88. The molecule has 2 amide bonds. The van der Waals surface area contributed by atoms with Crippen LogP contribution in [0.3, 0.4) is 0 Å². The van der Waals surface area contributed by atoms with Crippen molar-refractivity contribution >= 4 is 17.6 Å². The molecule has 1 aromatic rings. The number of aliphatic hydroxyl groups excluding tert-OH is 1. The first-order valence-corrected chi connectivity index (χ1v) is 8.32. The molecule has 1 aliphatic heterocycles. The van der Waals surface area contributed by atoms with Crippen molar-refractivity contribution in [2.24, 2.45) is 11.8 Å². The molecule has 1 heterocycles. The summed E-state index contributed by atoms with van der Waals surface area (Å²) in [7, 11) is 0. The van der Waals surface area contributed by atoms with Crippen LogP contribution in [0.1, 0.15) is 31.7 Å². The maximum Gasteiger partial charge on any atom is 0.317 e. The highest BCUT2D eigenvalue weighted by molar-refractivity contribution is 6.30. The number of likely N-dealkylation sites (tertiary alicyclic amines) is 1. The van der Waals surface area contributed by atoms with Gasteiger partial charge in [-0.2, -0.15) is 0 Å². The number of hydrogen-bond donors (Lipinski definition) is 2. The molecule has 1 saturated heterocycles. The summed E-state index contributed by atoms with van der Waals surface area (Å²) < 4.78 is 0. The van der Waals surface area contributed by atoms with E-state index < -0.39 is 0 Å². The Morgan fingerprint density at radius 3 is 2.64 bits per heavy atom. The van der Waals surface area contributed by atoms with E-state index in [1.165, 1.54) is 5.56 Å². The van der Waals surface area contributed by atoms with E-state index in [0.29, 0.717) is 19.0 Å². The van der Waals surface area contributed by atoms with Gasteiger partial charge in [0.2, 0.25) is 0 Å². The van der Waals surface area contributed by atoms with E-state index in [2.05, 4.69) is 19.2 Å². The molecule has 0 bridgehead atoms. The lowest BCUT2D eigenvalue weighted by Gasteiger charge is -2.21. The van der Waals surface area contributed by atoms with Crippen LogP contribution in [-0.2, 0) is 0 Å². The van der Waals surface area contributed by atoms with Crippen molar-refractivity contribution in [2.45, 2.75) is 26.2 Å². The lowest BCUT2D eigenvalue weighted by Crippen LogP contribution is -2.40. The maximum atomic E-state index is 12.3. The van der Waals surface area contributed by atoms with Crippen LogP contribution in [0, 0.1) is 11.8 Å². The third-order valence-electron chi connectivity index (χ3n) is 4.62. The lowest BCUT2D eigenvalue weighted by atomic mass is 9.96. The van der Waals surface area contributed by atoms with Crippen molar-refractivity contribution in [2.75, 3.05) is 26.2 Å². The highest BCUT2D eigenvalue weighted by Gasteiger charge is 2.31. The normalized spacial score (nSPS) is 22.6. The van der Waals surface area contributed by atoms with E-state index in [1.807, 2.05) is 24.3 Å². The number of hydrogen-bond acceptors (Lipinski definition) is 2. The van der Waals surface area contributed by atoms with Crippen molar-refractivity contribution < 1.29 is 9.90 Å². The Hall–Kier alpha value is -1.26. The highest BCUT2D eigenvalue weighted by Crippen LogP contribution is 2.23. The summed E-state index contributed by atoms with van der Waals surface area (Å²) in [5.41, 5.74) is 1.19. The quantitative estimate of drug-likeness (QED) is 0.874. The van der Waals surface area contributed by atoms with Crippen molar-refractivity contribution in [3.05, 3.63) is 34.9 Å². The molecule has 1 aromatic carbocycles. The second-order valence-electron chi connectivity index (χ2n) is 6.17. The van der Waals surface area contributed by atoms with E-state index >= 15 is 0 Å². The number of nitrogens with zero attached hydrogens (tertiary/aromatic N) is 1. The standard InChI is InChI=1S/C17H25ClN2O2/c1-3-13(14-4-6-16(18)7-5-14)8-19-17(22)20-9-12(2)15(10-20)11-21/h4-7,12-13,15,21H,3,8-11H2,1-2H3,(H,19,22)/t12-,13?,15+/m1/s1. The van der Waals surface area contributed by atoms with Crippen molar-refractivity contribution in [1.29, 1.82) is 0 Å². The topological polar surface area (TPSA) is 52.6 Å². The van der Waals surface area contributed by atoms with E-state index in [1.54, 1.807) is 4.90 Å². The van der Waals surface area contributed by atoms with Crippen LogP contribution in [0.15, 0.2) is 24.3 Å². The van der Waals surface area contributed by atoms with Crippen LogP contribution >= 0.6 is 11.6 Å². The summed E-state index contributed by atoms with van der Waals surface area (Å²) in [6.45, 7) is 6.32. The first-order valence-electron chi connectivity index (χ1n) is 7.94. The molecule has 4 nitrogen and oxygen atoms in total. The zero-order valence-electron chi connectivity index (χ0n) is 13.3. The zero-order valence-corrected chi connectivity index (χ0v) is 14.0. The number of halogens is 1. The average molecular weight is 325 g/mol. The summed E-state index contributed by atoms with van der Waals surface area (Å²) >= 11 is 5.92. The number of carbonyl (C=O) groups excluding carboxylic acids is 1. The number of amides is 2. The van der Waals surface area contributed by atoms with Gasteiger partial charge in [0.15, 0.2) is 0 Å². The molecule has 2 rings (SSSR count). The van der Waals surface area contributed by atoms with Crippen LogP contribution in [0.2, 0.25) is 5.02 Å². The van der Waals surface area contributed by atoms with Crippen LogP contribution in [0.25, 0.3) is 0 Å². The molecule has 0 radical (unpaired) electrons. The van der Waals surface area contributed by atoms with Crippen LogP contribution < -0.4 is 5.32 Å². The second-order valence-corrected chi connectivity index (χ2v) is 6.60. The molecule has 0 spiro atoms. The number of nitrogens with one attached hydrogen (secondary N) is 1. The molecule has 1 aliphatic rings. The zero-order chi connectivity index (χ0) is 16.1. The first-order chi connectivity index (χ1) is 10.5. The largest absolute Gasteiger partial charge is 0.396 e. The van der Waals surface area contributed by atoms with Gasteiger partial charge >= 0.3 is 6.03 Å². The minimum Gasteiger partial charge on any atom is -0.396 e. The van der Waals surface area contributed by atoms with Gasteiger partial charge in [0.25, 0.3) is 0 Å². The van der Waals surface area contributed by atoms with Gasteiger partial charge in [0.05, 0.1) is 0 Å². The van der Waals surface area contributed by atoms with Crippen molar-refractivity contribution in [3.63, 3.8) is 0 Å². The third kappa shape index (κ3) is 4.14. The van der Waals surface area contributed by atoms with Crippen LogP contribution in [-0.4, -0.2) is 42.3 Å². The van der Waals surface area contributed by atoms with Gasteiger partial charge in [-0.25, -0.2) is 4.79 Å². The molecule has 0 aromatic heterocycles. The van der Waals surface area contributed by atoms with Gasteiger partial charge in [0.1, 0.15) is 0 Å². The van der Waals surface area contributed by atoms with E-state index in [0.717, 1.165) is 18.0 Å². The second kappa shape index (κ2) is 7.84. The van der Waals surface area contributed by atoms with Crippen LogP contribution in [0.5, 0.6) is 0 Å². The van der Waals surface area contributed by atoms with Gasteiger partial charge in [-0.3, -0.25) is 0 Å². The minimum absolute atomic E-state index is 0.0322. The van der Waals surface area contributed by atoms with Gasteiger partial charge in [0, 0.05) is 43.1 Å². The van der Waals surface area contributed by atoms with E-state index in [-0.39, 0.29) is 24.5 Å². The molecule has 1 unspecified atom stereocenters. The Bertz CT molecular complexity index is 492. The number of carbonyl (C=O) groups is 1. The molecule has 0 saturated carbocycles. The molecule has 0 aliphatic carbocycles. The summed E-state index contributed by atoms with van der Waals surface area (Å²) in [6, 6.07) is 7.77. The number of aliphatic hydroxyl groups is 1. The molecular weight excluding hydrogens is 300 g/mol. The number of benzene rings is 1. The van der Waals surface area contributed by atoms with Crippen molar-refractivity contribution in [1.82, 2.24) is 10.2 Å². The number of rotatable bonds is 5. The Balaban J connectivity index is 1.88. The molecule has 3 atom stereocenters. The summed E-state index contributed by atoms with van der Waals surface area (Å²) in [5.74, 6) is 0.841. The summed E-state index contributed by atoms with van der Waals surface area (Å²) in [6.07, 6.45) is 0.956. The molecule has 122 valence electrons. The predicted octanol–water partition coefficient (Wildman–Crippen LogP) is 3.10. The fraction of sp³-hybridized carbons (Fsp3) is 0.588. The van der Waals surface area contributed by atoms with Gasteiger partial charge < -0.3 is 15.3 Å². The Labute approximate surface area is 137 Å². The van der Waals surface area contributed by atoms with Gasteiger partial charge in [-0.15, -0.1) is 0 Å². The number of urea groups is 1. The van der Waals surface area contributed by atoms with Gasteiger partial charge in [-0.05, 0) is 30.0 Å². The lowest BCUT2D eigenvalue weighted by molar-refractivity contribution is 0.195. The fourth-order valence-electron chi connectivity index (χ4n) is 2.99. The Kier molecular flexibility index (Phi) is 6.09. The Morgan fingerprint density at radius 1 is 1.41 bits per heavy atom. The molecule has 5 heteroatoms. The average Bonchev–Trinajstić information content (AvgIpc) is 2.90. The van der Waals surface area contributed by atoms with E-state index in [9.17, 15) is 9.90 Å². The smallest absolute Gasteiger partial charge is 0.317 e. The predicted molar refractivity (Wildman–Crippen MR) is 89.2 cm³/mol. The van der Waals surface area contributed by atoms with Gasteiger partial charge in [-0.1, -0.05) is 37.6 Å². The molecule has 2 N–H and O–H groups in total. The molecular formula is C17H25ClN2O2. The summed E-state index contributed by atoms with van der Waals surface area (Å²) in [5, 5.41) is 13.0. The SMILES string of the molecule is CCC(CNC(=O)N1C[C@@H](CO)[C@H](C)C1)c1ccc(Cl)cc1. The minimum atomic E-state index is -0.0322. The van der Waals surface area contributed by atoms with E-state index in [4.69, 9.17) is 11.6 Å².